The van der Waals surface area contributed by atoms with Crippen molar-refractivity contribution in [2.45, 2.75) is 33.3 Å². The van der Waals surface area contributed by atoms with Gasteiger partial charge >= 0.3 is 0 Å². The number of aliphatic hydroxyl groups is 1. The molecule has 0 bridgehead atoms. The minimum atomic E-state index is -0.623. The number of hydrazone groups is 1. The molecule has 3 rings (SSSR count). The predicted molar refractivity (Wildman–Crippen MR) is 79.0 cm³/mol. The van der Waals surface area contributed by atoms with E-state index < -0.39 is 6.10 Å². The van der Waals surface area contributed by atoms with Crippen LogP contribution in [0.5, 0.6) is 0 Å². The van der Waals surface area contributed by atoms with Crippen molar-refractivity contribution in [2.75, 3.05) is 0 Å². The fraction of sp³-hybridized carbons (Fsp3) is 0.400. The van der Waals surface area contributed by atoms with Gasteiger partial charge in [-0.1, -0.05) is 6.92 Å². The van der Waals surface area contributed by atoms with Crippen molar-refractivity contribution in [1.82, 2.24) is 15.0 Å². The van der Waals surface area contributed by atoms with Crippen molar-refractivity contribution < 1.29 is 9.90 Å². The Kier molecular flexibility index (Phi) is 3.25. The van der Waals surface area contributed by atoms with Gasteiger partial charge in [-0.25, -0.2) is 9.94 Å². The molecule has 6 nitrogen and oxygen atoms in total. The minimum absolute atomic E-state index is 0.0511. The Morgan fingerprint density at radius 1 is 1.48 bits per heavy atom. The van der Waals surface area contributed by atoms with Crippen LogP contribution in [0.3, 0.4) is 0 Å². The van der Waals surface area contributed by atoms with Crippen LogP contribution in [0, 0.1) is 12.8 Å². The quantitative estimate of drug-likeness (QED) is 0.879. The zero-order valence-corrected chi connectivity index (χ0v) is 12.3. The second-order valence-corrected chi connectivity index (χ2v) is 5.57. The number of aromatic nitrogens is 2. The molecule has 0 aliphatic carbocycles. The number of nitrogens with zero attached hydrogens (tertiary/aromatic N) is 3. The largest absolute Gasteiger partial charge is 0.387 e. The number of fused-ring (bicyclic) bond motifs is 1. The highest BCUT2D eigenvalue weighted by Crippen LogP contribution is 2.24. The molecule has 2 aromatic rings. The fourth-order valence-electron chi connectivity index (χ4n) is 2.62. The summed E-state index contributed by atoms with van der Waals surface area (Å²) in [7, 11) is 0. The van der Waals surface area contributed by atoms with Gasteiger partial charge in [-0.2, -0.15) is 10.2 Å². The van der Waals surface area contributed by atoms with Gasteiger partial charge in [0.15, 0.2) is 0 Å². The molecule has 2 aromatic heterocycles. The summed E-state index contributed by atoms with van der Waals surface area (Å²) in [4.78, 5) is 11.4. The molecule has 21 heavy (non-hydrogen) atoms. The topological polar surface area (TPSA) is 79.0 Å². The van der Waals surface area contributed by atoms with Crippen LogP contribution in [-0.2, 0) is 4.79 Å². The van der Waals surface area contributed by atoms with E-state index in [4.69, 9.17) is 0 Å². The van der Waals surface area contributed by atoms with Crippen molar-refractivity contribution in [2.24, 2.45) is 11.0 Å². The summed E-state index contributed by atoms with van der Waals surface area (Å²) in [5.41, 5.74) is 6.82. The number of aliphatic hydroxyl groups excluding tert-OH is 1. The van der Waals surface area contributed by atoms with Gasteiger partial charge in [0.25, 0.3) is 0 Å². The van der Waals surface area contributed by atoms with E-state index in [-0.39, 0.29) is 11.8 Å². The number of pyridine rings is 1. The molecule has 6 heteroatoms. The first-order valence-corrected chi connectivity index (χ1v) is 7.01. The van der Waals surface area contributed by atoms with E-state index in [0.717, 1.165) is 22.5 Å². The summed E-state index contributed by atoms with van der Waals surface area (Å²) in [6, 6.07) is 5.83. The number of nitrogens with one attached hydrogen (secondary N) is 1. The second kappa shape index (κ2) is 4.96. The normalized spacial score (nSPS) is 20.3. The van der Waals surface area contributed by atoms with E-state index in [1.54, 1.807) is 6.92 Å². The maximum absolute atomic E-state index is 11.4. The first-order valence-electron chi connectivity index (χ1n) is 7.01. The molecule has 1 aliphatic heterocycles. The lowest BCUT2D eigenvalue weighted by atomic mass is 9.93. The first kappa shape index (κ1) is 13.8. The summed E-state index contributed by atoms with van der Waals surface area (Å²) in [6.45, 7) is 5.64. The molecule has 0 radical (unpaired) electrons. The summed E-state index contributed by atoms with van der Waals surface area (Å²) in [5.74, 6) is -0.0114. The highest BCUT2D eigenvalue weighted by atomic mass is 16.3. The zero-order chi connectivity index (χ0) is 15.1. The van der Waals surface area contributed by atoms with Gasteiger partial charge in [0, 0.05) is 23.6 Å². The van der Waals surface area contributed by atoms with Gasteiger partial charge in [-0.05, 0) is 32.0 Å². The predicted octanol–water partition coefficient (Wildman–Crippen LogP) is 1.56. The highest BCUT2D eigenvalue weighted by Gasteiger charge is 2.24. The Morgan fingerprint density at radius 2 is 2.24 bits per heavy atom. The van der Waals surface area contributed by atoms with Crippen molar-refractivity contribution in [3.05, 3.63) is 35.2 Å². The van der Waals surface area contributed by atoms with Crippen LogP contribution in [0.2, 0.25) is 0 Å². The van der Waals surface area contributed by atoms with Crippen LogP contribution < -0.4 is 5.43 Å². The van der Waals surface area contributed by atoms with E-state index in [9.17, 15) is 9.90 Å². The van der Waals surface area contributed by atoms with Crippen LogP contribution in [0.1, 0.15) is 43.3 Å². The molecule has 110 valence electrons. The van der Waals surface area contributed by atoms with Crippen LogP contribution in [0.4, 0.5) is 0 Å². The molecule has 0 spiro atoms. The third kappa shape index (κ3) is 2.31. The highest BCUT2D eigenvalue weighted by molar-refractivity contribution is 6.10. The molecule has 0 saturated carbocycles. The Balaban J connectivity index is 2.19. The van der Waals surface area contributed by atoms with Crippen LogP contribution in [0.25, 0.3) is 5.52 Å². The van der Waals surface area contributed by atoms with E-state index in [1.807, 2.05) is 36.6 Å². The average Bonchev–Trinajstić information content (AvgIpc) is 2.86. The first-order chi connectivity index (χ1) is 9.97. The summed E-state index contributed by atoms with van der Waals surface area (Å²) in [6.07, 6.45) is -0.196. The monoisotopic (exact) mass is 286 g/mol. The Labute approximate surface area is 122 Å². The van der Waals surface area contributed by atoms with Gasteiger partial charge < -0.3 is 5.11 Å². The number of hydrogen-bond donors (Lipinski definition) is 2. The lowest BCUT2D eigenvalue weighted by Gasteiger charge is -2.20. The molecule has 2 N–H and O–H groups in total. The lowest BCUT2D eigenvalue weighted by Crippen LogP contribution is -2.32. The van der Waals surface area contributed by atoms with Crippen molar-refractivity contribution in [1.29, 1.82) is 0 Å². The second-order valence-electron chi connectivity index (χ2n) is 5.57. The molecular formula is C15H18N4O2. The summed E-state index contributed by atoms with van der Waals surface area (Å²) in [5, 5.41) is 18.4. The molecule has 0 saturated heterocycles. The Morgan fingerprint density at radius 3 is 2.90 bits per heavy atom. The molecule has 0 aromatic carbocycles. The molecule has 1 amide bonds. The van der Waals surface area contributed by atoms with E-state index in [1.165, 1.54) is 0 Å². The van der Waals surface area contributed by atoms with E-state index in [0.29, 0.717) is 12.1 Å². The number of carbonyl (C=O) groups excluding carboxylic acids is 1. The van der Waals surface area contributed by atoms with Gasteiger partial charge in [-0.15, -0.1) is 0 Å². The third-order valence-corrected chi connectivity index (χ3v) is 3.79. The van der Waals surface area contributed by atoms with E-state index in [2.05, 4.69) is 15.6 Å². The van der Waals surface area contributed by atoms with Gasteiger partial charge in [0.05, 0.1) is 23.0 Å². The molecular weight excluding hydrogens is 268 g/mol. The number of rotatable bonds is 2. The van der Waals surface area contributed by atoms with Crippen molar-refractivity contribution >= 4 is 17.1 Å². The molecule has 3 heterocycles. The van der Waals surface area contributed by atoms with Crippen LogP contribution in [0.15, 0.2) is 23.3 Å². The number of aryl methyl sites for hydroxylation is 1. The lowest BCUT2D eigenvalue weighted by molar-refractivity contribution is -0.121. The van der Waals surface area contributed by atoms with Crippen molar-refractivity contribution in [3.8, 4) is 0 Å². The smallest absolute Gasteiger partial charge is 0.240 e. The standard InChI is InChI=1S/C15H18N4O2/c1-8-6-14(21)16-17-15(8)11-5-4-9(2)19-13(11)7-12(18-19)10(3)20/h4-5,7-8,10,20H,6H2,1-3H3,(H,16,21). The van der Waals surface area contributed by atoms with Crippen LogP contribution >= 0.6 is 0 Å². The fourth-order valence-corrected chi connectivity index (χ4v) is 2.62. The maximum Gasteiger partial charge on any atom is 0.240 e. The van der Waals surface area contributed by atoms with Gasteiger partial charge in [-0.3, -0.25) is 4.79 Å². The minimum Gasteiger partial charge on any atom is -0.387 e. The molecule has 1 aliphatic rings. The average molecular weight is 286 g/mol. The Hall–Kier alpha value is -2.21. The third-order valence-electron chi connectivity index (χ3n) is 3.79. The van der Waals surface area contributed by atoms with Crippen LogP contribution in [-0.4, -0.2) is 26.3 Å². The summed E-state index contributed by atoms with van der Waals surface area (Å²) < 4.78 is 1.81. The van der Waals surface area contributed by atoms with Gasteiger partial charge in [0.1, 0.15) is 0 Å². The SMILES string of the molecule is Cc1ccc(C2=NNC(=O)CC2C)c2cc(C(C)O)nn12. The maximum atomic E-state index is 11.4. The number of carbonyl (C=O) groups is 1. The molecule has 0 fully saturated rings. The number of hydrogen-bond acceptors (Lipinski definition) is 4. The van der Waals surface area contributed by atoms with E-state index >= 15 is 0 Å². The number of amides is 1. The van der Waals surface area contributed by atoms with Crippen molar-refractivity contribution in [3.63, 3.8) is 0 Å². The Bertz CT molecular complexity index is 745. The zero-order valence-electron chi connectivity index (χ0n) is 12.3. The summed E-state index contributed by atoms with van der Waals surface area (Å²) >= 11 is 0. The molecule has 2 atom stereocenters. The molecule has 2 unspecified atom stereocenters. The van der Waals surface area contributed by atoms with Gasteiger partial charge in [0.2, 0.25) is 5.91 Å².